The van der Waals surface area contributed by atoms with Gasteiger partial charge in [-0.25, -0.2) is 8.78 Å². The summed E-state index contributed by atoms with van der Waals surface area (Å²) in [6.45, 7) is 4.95. The minimum atomic E-state index is -0.540. The number of rotatable bonds is 6. The molecule has 2 aromatic carbocycles. The highest BCUT2D eigenvalue weighted by Gasteiger charge is 2.17. The zero-order valence-corrected chi connectivity index (χ0v) is 12.5. The lowest BCUT2D eigenvalue weighted by Gasteiger charge is -2.22. The van der Waals surface area contributed by atoms with E-state index in [1.807, 2.05) is 18.2 Å². The van der Waals surface area contributed by atoms with E-state index in [2.05, 4.69) is 25.2 Å². The van der Waals surface area contributed by atoms with E-state index in [4.69, 9.17) is 0 Å². The van der Waals surface area contributed by atoms with Gasteiger partial charge in [0, 0.05) is 6.07 Å². The highest BCUT2D eigenvalue weighted by atomic mass is 19.1. The number of hydrogen-bond donors (Lipinski definition) is 1. The maximum absolute atomic E-state index is 13.5. The monoisotopic (exact) mass is 289 g/mol. The third kappa shape index (κ3) is 3.88. The lowest BCUT2D eigenvalue weighted by molar-refractivity contribution is 0.557. The Balaban J connectivity index is 2.46. The number of aryl methyl sites for hydroxylation is 1. The molecule has 3 heteroatoms. The van der Waals surface area contributed by atoms with E-state index >= 15 is 0 Å². The van der Waals surface area contributed by atoms with Gasteiger partial charge in [0.25, 0.3) is 0 Å². The number of benzene rings is 2. The van der Waals surface area contributed by atoms with Crippen LogP contribution in [0.1, 0.15) is 43.0 Å². The molecule has 0 radical (unpaired) electrons. The smallest absolute Gasteiger partial charge is 0.126 e. The van der Waals surface area contributed by atoms with E-state index in [1.165, 1.54) is 17.7 Å². The van der Waals surface area contributed by atoms with Gasteiger partial charge in [-0.05, 0) is 48.2 Å². The van der Waals surface area contributed by atoms with Crippen LogP contribution in [-0.4, -0.2) is 6.54 Å². The van der Waals surface area contributed by atoms with E-state index in [9.17, 15) is 8.78 Å². The van der Waals surface area contributed by atoms with Crippen molar-refractivity contribution in [2.75, 3.05) is 6.54 Å². The van der Waals surface area contributed by atoms with Gasteiger partial charge >= 0.3 is 0 Å². The average molecular weight is 289 g/mol. The van der Waals surface area contributed by atoms with Gasteiger partial charge < -0.3 is 5.32 Å². The van der Waals surface area contributed by atoms with Crippen LogP contribution in [0.15, 0.2) is 42.5 Å². The van der Waals surface area contributed by atoms with Gasteiger partial charge in [0.1, 0.15) is 11.6 Å². The first-order valence-corrected chi connectivity index (χ1v) is 7.42. The summed E-state index contributed by atoms with van der Waals surface area (Å²) in [7, 11) is 0. The molecule has 0 aromatic heterocycles. The van der Waals surface area contributed by atoms with Crippen LogP contribution in [0.4, 0.5) is 8.78 Å². The van der Waals surface area contributed by atoms with Crippen molar-refractivity contribution >= 4 is 0 Å². The maximum atomic E-state index is 13.5. The van der Waals surface area contributed by atoms with Crippen molar-refractivity contribution in [2.24, 2.45) is 0 Å². The van der Waals surface area contributed by atoms with Crippen LogP contribution in [0.5, 0.6) is 0 Å². The third-order valence-corrected chi connectivity index (χ3v) is 3.56. The zero-order valence-electron chi connectivity index (χ0n) is 12.5. The van der Waals surface area contributed by atoms with Gasteiger partial charge in [0.2, 0.25) is 0 Å². The maximum Gasteiger partial charge on any atom is 0.126 e. The molecule has 0 aliphatic carbocycles. The van der Waals surface area contributed by atoms with Crippen LogP contribution in [0.2, 0.25) is 0 Å². The van der Waals surface area contributed by atoms with Crippen molar-refractivity contribution in [3.05, 3.63) is 70.8 Å². The summed E-state index contributed by atoms with van der Waals surface area (Å²) < 4.78 is 27.1. The first kappa shape index (κ1) is 15.6. The van der Waals surface area contributed by atoms with E-state index < -0.39 is 11.6 Å². The van der Waals surface area contributed by atoms with Crippen molar-refractivity contribution in [2.45, 2.75) is 32.7 Å². The molecule has 0 bridgehead atoms. The Hall–Kier alpha value is -1.74. The highest BCUT2D eigenvalue weighted by molar-refractivity contribution is 5.38. The number of nitrogens with one attached hydrogen (secondary N) is 1. The molecule has 21 heavy (non-hydrogen) atoms. The molecular weight excluding hydrogens is 268 g/mol. The normalized spacial score (nSPS) is 12.4. The predicted octanol–water partition coefficient (Wildman–Crippen LogP) is 4.62. The van der Waals surface area contributed by atoms with E-state index in [-0.39, 0.29) is 6.04 Å². The van der Waals surface area contributed by atoms with Crippen molar-refractivity contribution in [1.29, 1.82) is 0 Å². The molecule has 0 fully saturated rings. The Kier molecular flexibility index (Phi) is 5.45. The van der Waals surface area contributed by atoms with Crippen LogP contribution in [0.25, 0.3) is 0 Å². The van der Waals surface area contributed by atoms with E-state index in [0.29, 0.717) is 5.56 Å². The van der Waals surface area contributed by atoms with E-state index in [0.717, 1.165) is 31.0 Å². The summed E-state index contributed by atoms with van der Waals surface area (Å²) in [6.07, 6.45) is 1.85. The summed E-state index contributed by atoms with van der Waals surface area (Å²) in [5.74, 6) is -1.08. The molecule has 0 saturated carbocycles. The topological polar surface area (TPSA) is 12.0 Å². The van der Waals surface area contributed by atoms with Crippen molar-refractivity contribution in [3.8, 4) is 0 Å². The fourth-order valence-electron chi connectivity index (χ4n) is 2.58. The third-order valence-electron chi connectivity index (χ3n) is 3.56. The summed E-state index contributed by atoms with van der Waals surface area (Å²) in [4.78, 5) is 0. The minimum absolute atomic E-state index is 0.189. The summed E-state index contributed by atoms with van der Waals surface area (Å²) >= 11 is 0. The zero-order chi connectivity index (χ0) is 15.2. The Bertz CT molecular complexity index is 575. The average Bonchev–Trinajstić information content (AvgIpc) is 2.47. The Morgan fingerprint density at radius 1 is 1.00 bits per heavy atom. The predicted molar refractivity (Wildman–Crippen MR) is 82.3 cm³/mol. The van der Waals surface area contributed by atoms with Crippen LogP contribution in [-0.2, 0) is 6.42 Å². The second-order valence-corrected chi connectivity index (χ2v) is 5.14. The Morgan fingerprint density at radius 2 is 1.67 bits per heavy atom. The van der Waals surface area contributed by atoms with Gasteiger partial charge in [0.15, 0.2) is 0 Å². The van der Waals surface area contributed by atoms with Gasteiger partial charge in [-0.2, -0.15) is 0 Å². The molecule has 0 spiro atoms. The summed E-state index contributed by atoms with van der Waals surface area (Å²) in [5.41, 5.74) is 2.90. The van der Waals surface area contributed by atoms with Gasteiger partial charge in [-0.1, -0.05) is 38.1 Å². The van der Waals surface area contributed by atoms with Crippen molar-refractivity contribution in [3.63, 3.8) is 0 Å². The fourth-order valence-corrected chi connectivity index (χ4v) is 2.58. The molecule has 1 N–H and O–H groups in total. The largest absolute Gasteiger partial charge is 0.306 e. The first-order valence-electron chi connectivity index (χ1n) is 7.42. The minimum Gasteiger partial charge on any atom is -0.306 e. The number of halogens is 2. The molecule has 0 amide bonds. The lowest BCUT2D eigenvalue weighted by Crippen LogP contribution is -2.24. The SMILES string of the molecule is CCCNC(c1cc(F)cc(F)c1)c1ccccc1CC. The molecular formula is C18H21F2N. The molecule has 0 saturated heterocycles. The standard InChI is InChI=1S/C18H21F2N/c1-3-9-21-18(14-10-15(19)12-16(20)11-14)17-8-6-5-7-13(17)4-2/h5-8,10-12,18,21H,3-4,9H2,1-2H3. The fraction of sp³-hybridized carbons (Fsp3) is 0.333. The summed E-state index contributed by atoms with van der Waals surface area (Å²) in [6, 6.07) is 11.6. The molecule has 1 unspecified atom stereocenters. The molecule has 2 aromatic rings. The lowest BCUT2D eigenvalue weighted by atomic mass is 9.93. The Morgan fingerprint density at radius 3 is 2.29 bits per heavy atom. The molecule has 0 heterocycles. The van der Waals surface area contributed by atoms with Crippen LogP contribution in [0.3, 0.4) is 0 Å². The summed E-state index contributed by atoms with van der Waals surface area (Å²) in [5, 5.41) is 3.40. The number of hydrogen-bond acceptors (Lipinski definition) is 1. The molecule has 0 aliphatic rings. The van der Waals surface area contributed by atoms with Crippen LogP contribution < -0.4 is 5.32 Å². The highest BCUT2D eigenvalue weighted by Crippen LogP contribution is 2.27. The van der Waals surface area contributed by atoms with Crippen molar-refractivity contribution in [1.82, 2.24) is 5.32 Å². The van der Waals surface area contributed by atoms with Crippen LogP contribution in [0, 0.1) is 11.6 Å². The molecule has 2 rings (SSSR count). The first-order chi connectivity index (χ1) is 10.2. The second-order valence-electron chi connectivity index (χ2n) is 5.14. The molecule has 112 valence electrons. The van der Waals surface area contributed by atoms with E-state index in [1.54, 1.807) is 0 Å². The molecule has 1 nitrogen and oxygen atoms in total. The molecule has 0 aliphatic heterocycles. The van der Waals surface area contributed by atoms with Gasteiger partial charge in [-0.15, -0.1) is 0 Å². The van der Waals surface area contributed by atoms with Gasteiger partial charge in [0.05, 0.1) is 6.04 Å². The van der Waals surface area contributed by atoms with Crippen molar-refractivity contribution < 1.29 is 8.78 Å². The quantitative estimate of drug-likeness (QED) is 0.818. The van der Waals surface area contributed by atoms with Crippen LogP contribution >= 0.6 is 0 Å². The second kappa shape index (κ2) is 7.32. The van der Waals surface area contributed by atoms with Gasteiger partial charge in [-0.3, -0.25) is 0 Å². The Labute approximate surface area is 125 Å². The molecule has 1 atom stereocenters.